The first-order chi connectivity index (χ1) is 9.99. The van der Waals surface area contributed by atoms with Crippen LogP contribution in [0.25, 0.3) is 0 Å². The van der Waals surface area contributed by atoms with Gasteiger partial charge in [-0.05, 0) is 0 Å². The lowest BCUT2D eigenvalue weighted by Gasteiger charge is -2.04. The second-order valence-corrected chi connectivity index (χ2v) is 3.96. The average molecular weight is 304 g/mol. The summed E-state index contributed by atoms with van der Waals surface area (Å²) in [5, 5.41) is 0. The number of rotatable bonds is 12. The zero-order chi connectivity index (χ0) is 16.1. The number of carbonyl (C=O) groups is 4. The Bertz CT molecular complexity index is 337. The van der Waals surface area contributed by atoms with Crippen molar-refractivity contribution in [2.24, 2.45) is 11.5 Å². The van der Waals surface area contributed by atoms with E-state index in [0.29, 0.717) is 0 Å². The number of hydrogen-bond donors (Lipinski definition) is 2. The number of ketones is 2. The van der Waals surface area contributed by atoms with Crippen LogP contribution in [-0.4, -0.2) is 63.0 Å². The van der Waals surface area contributed by atoms with Gasteiger partial charge < -0.3 is 25.7 Å². The summed E-state index contributed by atoms with van der Waals surface area (Å²) < 4.78 is 14.0. The largest absolute Gasteiger partial charge is 0.392 e. The lowest BCUT2D eigenvalue weighted by molar-refractivity contribution is -0.161. The molecule has 21 heavy (non-hydrogen) atoms. The number of ether oxygens (including phenoxy) is 3. The predicted octanol–water partition coefficient (Wildman–Crippen LogP) is -2.07. The van der Waals surface area contributed by atoms with E-state index in [1.165, 1.54) is 0 Å². The van der Waals surface area contributed by atoms with Gasteiger partial charge in [0.05, 0.1) is 13.2 Å². The maximum absolute atomic E-state index is 11.2. The van der Waals surface area contributed by atoms with Crippen LogP contribution in [0, 0.1) is 0 Å². The highest BCUT2D eigenvalue weighted by atomic mass is 16.6. The third kappa shape index (κ3) is 11.8. The van der Waals surface area contributed by atoms with Crippen molar-refractivity contribution >= 4 is 23.5 Å². The maximum atomic E-state index is 11.2. The molecule has 0 aliphatic carbocycles. The van der Waals surface area contributed by atoms with Crippen LogP contribution in [0.4, 0.5) is 0 Å². The Morgan fingerprint density at radius 1 is 0.714 bits per heavy atom. The molecule has 0 aromatic heterocycles. The van der Waals surface area contributed by atoms with Crippen LogP contribution in [0.5, 0.6) is 0 Å². The summed E-state index contributed by atoms with van der Waals surface area (Å²) in [7, 11) is 0. The molecule has 0 aliphatic rings. The van der Waals surface area contributed by atoms with Crippen LogP contribution in [0.15, 0.2) is 0 Å². The maximum Gasteiger partial charge on any atom is 0.321 e. The van der Waals surface area contributed by atoms with Gasteiger partial charge in [-0.15, -0.1) is 0 Å². The zero-order valence-electron chi connectivity index (χ0n) is 11.7. The Morgan fingerprint density at radius 2 is 1.10 bits per heavy atom. The van der Waals surface area contributed by atoms with E-state index >= 15 is 0 Å². The highest BCUT2D eigenvalue weighted by Gasteiger charge is 2.17. The second-order valence-electron chi connectivity index (χ2n) is 3.96. The summed E-state index contributed by atoms with van der Waals surface area (Å²) in [6, 6.07) is 0. The fraction of sp³-hybridized carbons (Fsp3) is 0.667. The molecule has 0 spiro atoms. The molecule has 0 saturated heterocycles. The SMILES string of the molecule is NCCOCC(=O)CC(=O)OC(=O)CC(=O)COCCN. The molecule has 9 heteroatoms. The van der Waals surface area contributed by atoms with E-state index in [1.54, 1.807) is 0 Å². The Kier molecular flexibility index (Phi) is 11.1. The first-order valence-electron chi connectivity index (χ1n) is 6.32. The lowest BCUT2D eigenvalue weighted by atomic mass is 10.3. The molecule has 0 bridgehead atoms. The third-order valence-electron chi connectivity index (χ3n) is 1.96. The minimum absolute atomic E-state index is 0.191. The van der Waals surface area contributed by atoms with Crippen molar-refractivity contribution in [3.8, 4) is 0 Å². The van der Waals surface area contributed by atoms with Crippen LogP contribution in [0.1, 0.15) is 12.8 Å². The zero-order valence-corrected chi connectivity index (χ0v) is 11.7. The first-order valence-corrected chi connectivity index (χ1v) is 6.32. The molecule has 0 atom stereocenters. The molecule has 0 aromatic rings. The molecule has 4 N–H and O–H groups in total. The van der Waals surface area contributed by atoms with Crippen LogP contribution in [0.3, 0.4) is 0 Å². The molecule has 120 valence electrons. The number of Topliss-reactive ketones (excluding diaryl/α,β-unsaturated/α-hetero) is 2. The highest BCUT2D eigenvalue weighted by Crippen LogP contribution is 1.95. The van der Waals surface area contributed by atoms with Crippen molar-refractivity contribution in [3.05, 3.63) is 0 Å². The van der Waals surface area contributed by atoms with Gasteiger partial charge in [-0.1, -0.05) is 0 Å². The van der Waals surface area contributed by atoms with Gasteiger partial charge in [-0.25, -0.2) is 0 Å². The Balaban J connectivity index is 3.85. The minimum Gasteiger partial charge on any atom is -0.392 e. The molecule has 0 amide bonds. The Labute approximate surface area is 121 Å². The second kappa shape index (κ2) is 12.1. The molecule has 0 radical (unpaired) electrons. The summed E-state index contributed by atoms with van der Waals surface area (Å²) in [6.45, 7) is 0.321. The first kappa shape index (κ1) is 19.3. The van der Waals surface area contributed by atoms with Crippen molar-refractivity contribution in [3.63, 3.8) is 0 Å². The topological polar surface area (TPSA) is 148 Å². The van der Waals surface area contributed by atoms with Crippen molar-refractivity contribution in [2.45, 2.75) is 12.8 Å². The van der Waals surface area contributed by atoms with Crippen molar-refractivity contribution in [1.29, 1.82) is 0 Å². The molecule has 0 fully saturated rings. The molecule has 0 aliphatic heterocycles. The van der Waals surface area contributed by atoms with Gasteiger partial charge >= 0.3 is 11.9 Å². The van der Waals surface area contributed by atoms with E-state index in [4.69, 9.17) is 20.9 Å². The number of nitrogens with two attached hydrogens (primary N) is 2. The summed E-state index contributed by atoms with van der Waals surface area (Å²) in [4.78, 5) is 44.9. The Hall–Kier alpha value is -1.68. The van der Waals surface area contributed by atoms with Gasteiger partial charge in [0, 0.05) is 13.1 Å². The van der Waals surface area contributed by atoms with Crippen LogP contribution >= 0.6 is 0 Å². The molecule has 0 aromatic carbocycles. The van der Waals surface area contributed by atoms with Crippen molar-refractivity contribution < 1.29 is 33.4 Å². The number of carbonyl (C=O) groups excluding carboxylic acids is 4. The molecule has 0 saturated carbocycles. The van der Waals surface area contributed by atoms with E-state index in [-0.39, 0.29) is 39.5 Å². The van der Waals surface area contributed by atoms with Gasteiger partial charge in [0.25, 0.3) is 0 Å². The molecule has 0 heterocycles. The summed E-state index contributed by atoms with van der Waals surface area (Å²) in [5.41, 5.74) is 10.3. The van der Waals surface area contributed by atoms with E-state index in [2.05, 4.69) is 4.74 Å². The average Bonchev–Trinajstić information content (AvgIpc) is 2.38. The van der Waals surface area contributed by atoms with Gasteiger partial charge in [0.2, 0.25) is 0 Å². The number of esters is 2. The van der Waals surface area contributed by atoms with Gasteiger partial charge in [-0.2, -0.15) is 0 Å². The fourth-order valence-electron chi connectivity index (χ4n) is 1.16. The molecule has 0 unspecified atom stereocenters. The molecule has 0 rings (SSSR count). The van der Waals surface area contributed by atoms with Crippen LogP contribution < -0.4 is 11.5 Å². The monoisotopic (exact) mass is 304 g/mol. The van der Waals surface area contributed by atoms with Crippen molar-refractivity contribution in [1.82, 2.24) is 0 Å². The summed E-state index contributed by atoms with van der Waals surface area (Å²) >= 11 is 0. The Morgan fingerprint density at radius 3 is 1.43 bits per heavy atom. The van der Waals surface area contributed by atoms with E-state index in [0.717, 1.165) is 0 Å². The molecular formula is C12H20N2O7. The smallest absolute Gasteiger partial charge is 0.321 e. The quantitative estimate of drug-likeness (QED) is 0.235. The van der Waals surface area contributed by atoms with E-state index in [9.17, 15) is 19.2 Å². The molecular weight excluding hydrogens is 284 g/mol. The van der Waals surface area contributed by atoms with E-state index < -0.39 is 36.3 Å². The predicted molar refractivity (Wildman–Crippen MR) is 70.1 cm³/mol. The lowest BCUT2D eigenvalue weighted by Crippen LogP contribution is -2.23. The van der Waals surface area contributed by atoms with Gasteiger partial charge in [0.1, 0.15) is 26.1 Å². The molecule has 9 nitrogen and oxygen atoms in total. The van der Waals surface area contributed by atoms with E-state index in [1.807, 2.05) is 0 Å². The normalized spacial score (nSPS) is 10.2. The third-order valence-corrected chi connectivity index (χ3v) is 1.96. The van der Waals surface area contributed by atoms with Crippen LogP contribution in [0.2, 0.25) is 0 Å². The fourth-order valence-corrected chi connectivity index (χ4v) is 1.16. The highest BCUT2D eigenvalue weighted by molar-refractivity contribution is 6.03. The number of hydrogen-bond acceptors (Lipinski definition) is 9. The summed E-state index contributed by atoms with van der Waals surface area (Å²) in [6.07, 6.45) is -1.21. The standard InChI is InChI=1S/C12H20N2O7/c13-1-3-19-7-9(15)5-11(17)21-12(18)6-10(16)8-20-4-2-14/h1-8,13-14H2. The minimum atomic E-state index is -1.03. The van der Waals surface area contributed by atoms with Crippen molar-refractivity contribution in [2.75, 3.05) is 39.5 Å². The van der Waals surface area contributed by atoms with Gasteiger partial charge in [-0.3, -0.25) is 19.2 Å². The van der Waals surface area contributed by atoms with Gasteiger partial charge in [0.15, 0.2) is 11.6 Å². The van der Waals surface area contributed by atoms with Crippen LogP contribution in [-0.2, 0) is 33.4 Å². The summed E-state index contributed by atoms with van der Waals surface area (Å²) in [5.74, 6) is -3.15.